The van der Waals surface area contributed by atoms with Crippen LogP contribution in [0, 0.1) is 0 Å². The van der Waals surface area contributed by atoms with E-state index in [2.05, 4.69) is 376 Å². The van der Waals surface area contributed by atoms with Gasteiger partial charge in [0, 0.05) is 64.3 Å². The summed E-state index contributed by atoms with van der Waals surface area (Å²) in [5.74, 6) is 3.71. The molecule has 0 saturated carbocycles. The molecule has 0 spiro atoms. The standard InChI is InChI=1S/C58H37N3O.C56H35N3S/c1-5-18-38(19-6-1)41-34-42(39-20-7-2-8-21-39)36-43(35-41)56-59-55(40-22-9-3-10-23-40)60-57(61-56)49-28-17-31-52-54(49)48-33-32-45(37-53(48)62-52)58(44-24-11-4-12-25-44)50-29-15-13-26-46(50)47-27-14-16-30-51(47)58;1-3-17-37(18-4-1)53-57-54(39-31-30-36-16-7-8-19-38(36)34-39)59-55(58-53)46-25-10-9-22-42(46)45-26-15-29-51-52(45)47-35-41(32-33-50(47)60-51)56(40-20-5-2-6-21-40)48-27-13-11-23-43(48)44-24-12-14-28-49(44)56/h1-37H;1-35H. The van der Waals surface area contributed by atoms with Crippen LogP contribution >= 0.6 is 11.3 Å². The largest absolute Gasteiger partial charge is 0.456 e. The summed E-state index contributed by atoms with van der Waals surface area (Å²) < 4.78 is 9.36. The second-order valence-electron chi connectivity index (χ2n) is 31.4. The van der Waals surface area contributed by atoms with Crippen molar-refractivity contribution in [2.24, 2.45) is 0 Å². The van der Waals surface area contributed by atoms with Gasteiger partial charge in [-0.3, -0.25) is 0 Å². The van der Waals surface area contributed by atoms with Crippen molar-refractivity contribution in [2.45, 2.75) is 10.8 Å². The van der Waals surface area contributed by atoms with E-state index in [0.29, 0.717) is 34.9 Å². The molecule has 2 aliphatic rings. The molecule has 0 N–H and O–H groups in total. The summed E-state index contributed by atoms with van der Waals surface area (Å²) in [5, 5.41) is 6.78. The monoisotopic (exact) mass is 1570 g/mol. The van der Waals surface area contributed by atoms with E-state index in [1.165, 1.54) is 86.8 Å². The molecule has 24 rings (SSSR count). The lowest BCUT2D eigenvalue weighted by Gasteiger charge is -2.34. The maximum atomic E-state index is 6.86. The second-order valence-corrected chi connectivity index (χ2v) is 32.5. The molecule has 8 heteroatoms. The van der Waals surface area contributed by atoms with Crippen LogP contribution in [0.25, 0.3) is 177 Å². The minimum atomic E-state index is -0.537. The van der Waals surface area contributed by atoms with Gasteiger partial charge in [-0.25, -0.2) is 29.9 Å². The number of fused-ring (bicyclic) bond motifs is 13. The van der Waals surface area contributed by atoms with E-state index >= 15 is 0 Å². The molecule has 0 unspecified atom stereocenters. The van der Waals surface area contributed by atoms with E-state index in [1.54, 1.807) is 0 Å². The third-order valence-electron chi connectivity index (χ3n) is 24.6. The van der Waals surface area contributed by atoms with Crippen LogP contribution in [0.3, 0.4) is 0 Å². The van der Waals surface area contributed by atoms with E-state index in [1.807, 2.05) is 72.0 Å². The SMILES string of the molecule is c1ccc(-c2cc(-c3ccccc3)cc(-c3nc(-c4ccccc4)nc(-c4cccc5oc6cc(C7(c8ccccc8)c8ccccc8-c8ccccc87)ccc6c45)n3)c2)cc1.c1ccc(-c2nc(-c3ccc4ccccc4c3)nc(-c3ccccc3-c3cccc4sc5ccc(C6(c7ccccc7)c7ccccc7-c7ccccc76)cc5c34)n2)cc1. The highest BCUT2D eigenvalue weighted by atomic mass is 32.1. The van der Waals surface area contributed by atoms with Gasteiger partial charge in [-0.2, -0.15) is 0 Å². The predicted octanol–water partition coefficient (Wildman–Crippen LogP) is 28.9. The summed E-state index contributed by atoms with van der Waals surface area (Å²) in [6.07, 6.45) is 0. The second kappa shape index (κ2) is 29.7. The molecule has 18 aromatic carbocycles. The summed E-state index contributed by atoms with van der Waals surface area (Å²) in [4.78, 5) is 31.3. The van der Waals surface area contributed by atoms with Crippen LogP contribution in [-0.4, -0.2) is 29.9 Å². The fourth-order valence-electron chi connectivity index (χ4n) is 19.2. The number of furan rings is 1. The maximum Gasteiger partial charge on any atom is 0.164 e. The van der Waals surface area contributed by atoms with Crippen LogP contribution in [0.5, 0.6) is 0 Å². The van der Waals surface area contributed by atoms with Gasteiger partial charge in [0.05, 0.1) is 10.8 Å². The Labute approximate surface area is 709 Å². The van der Waals surface area contributed by atoms with Crippen molar-refractivity contribution < 1.29 is 4.42 Å². The van der Waals surface area contributed by atoms with Gasteiger partial charge >= 0.3 is 0 Å². The summed E-state index contributed by atoms with van der Waals surface area (Å²) in [6, 6.07) is 156. The van der Waals surface area contributed by atoms with Crippen LogP contribution < -0.4 is 0 Å². The molecule has 0 fully saturated rings. The number of rotatable bonds is 13. The maximum absolute atomic E-state index is 6.86. The molecule has 22 aromatic rings. The summed E-state index contributed by atoms with van der Waals surface area (Å²) in [7, 11) is 0. The molecule has 4 aromatic heterocycles. The van der Waals surface area contributed by atoms with Gasteiger partial charge in [0.15, 0.2) is 34.9 Å². The van der Waals surface area contributed by atoms with Crippen molar-refractivity contribution >= 4 is 64.2 Å². The molecule has 4 heterocycles. The zero-order valence-electron chi connectivity index (χ0n) is 66.1. The molecular formula is C114H72N6OS. The highest BCUT2D eigenvalue weighted by Crippen LogP contribution is 2.59. The lowest BCUT2D eigenvalue weighted by molar-refractivity contribution is 0.665. The number of thiophene rings is 1. The summed E-state index contributed by atoms with van der Waals surface area (Å²) >= 11 is 1.85. The van der Waals surface area contributed by atoms with Gasteiger partial charge < -0.3 is 4.42 Å². The van der Waals surface area contributed by atoms with Gasteiger partial charge in [-0.05, 0) is 166 Å². The topological polar surface area (TPSA) is 90.5 Å². The Hall–Kier alpha value is -15.7. The molecular weight excluding hydrogens is 1500 g/mol. The van der Waals surface area contributed by atoms with Crippen molar-refractivity contribution in [1.82, 2.24) is 29.9 Å². The Morgan fingerprint density at radius 1 is 0.189 bits per heavy atom. The zero-order valence-corrected chi connectivity index (χ0v) is 66.9. The molecule has 7 nitrogen and oxygen atoms in total. The van der Waals surface area contributed by atoms with E-state index in [-0.39, 0.29) is 0 Å². The lowest BCUT2D eigenvalue weighted by atomic mass is 9.67. The number of hydrogen-bond donors (Lipinski definition) is 0. The van der Waals surface area contributed by atoms with Crippen LogP contribution in [0.15, 0.2) is 441 Å². The smallest absolute Gasteiger partial charge is 0.164 e. The minimum absolute atomic E-state index is 0.484. The Bertz CT molecular complexity index is 7680. The Morgan fingerprint density at radius 2 is 0.582 bits per heavy atom. The first kappa shape index (κ1) is 71.6. The van der Waals surface area contributed by atoms with E-state index in [0.717, 1.165) is 99.6 Å². The molecule has 0 aliphatic heterocycles. The van der Waals surface area contributed by atoms with Crippen molar-refractivity contribution in [3.63, 3.8) is 0 Å². The summed E-state index contributed by atoms with van der Waals surface area (Å²) in [5.41, 5.74) is 27.9. The van der Waals surface area contributed by atoms with Crippen molar-refractivity contribution in [2.75, 3.05) is 0 Å². The van der Waals surface area contributed by atoms with E-state index < -0.39 is 10.8 Å². The normalized spacial score (nSPS) is 12.7. The van der Waals surface area contributed by atoms with E-state index in [9.17, 15) is 0 Å². The highest BCUT2D eigenvalue weighted by Gasteiger charge is 2.48. The van der Waals surface area contributed by atoms with Crippen LogP contribution in [0.4, 0.5) is 0 Å². The third-order valence-corrected chi connectivity index (χ3v) is 25.8. The molecule has 0 bridgehead atoms. The van der Waals surface area contributed by atoms with Gasteiger partial charge in [0.1, 0.15) is 11.2 Å². The Kier molecular flexibility index (Phi) is 17.4. The van der Waals surface area contributed by atoms with Crippen LogP contribution in [0.2, 0.25) is 0 Å². The Balaban J connectivity index is 0.000000142. The van der Waals surface area contributed by atoms with Gasteiger partial charge in [0.25, 0.3) is 0 Å². The molecule has 2 aliphatic carbocycles. The number of hydrogen-bond acceptors (Lipinski definition) is 8. The third kappa shape index (κ3) is 11.9. The quantitative estimate of drug-likeness (QED) is 0.114. The highest BCUT2D eigenvalue weighted by molar-refractivity contribution is 7.26. The fourth-order valence-corrected chi connectivity index (χ4v) is 20.3. The minimum Gasteiger partial charge on any atom is -0.456 e. The average Bonchev–Trinajstić information content (AvgIpc) is 1.54. The van der Waals surface area contributed by atoms with Crippen LogP contribution in [-0.2, 0) is 10.8 Å². The summed E-state index contributed by atoms with van der Waals surface area (Å²) in [6.45, 7) is 0. The zero-order chi connectivity index (χ0) is 80.7. The first-order valence-electron chi connectivity index (χ1n) is 41.4. The molecule has 122 heavy (non-hydrogen) atoms. The van der Waals surface area contributed by atoms with Crippen molar-refractivity contribution in [3.8, 4) is 124 Å². The van der Waals surface area contributed by atoms with Crippen molar-refractivity contribution in [1.29, 1.82) is 0 Å². The molecule has 0 saturated heterocycles. The van der Waals surface area contributed by atoms with E-state index in [4.69, 9.17) is 34.3 Å². The lowest BCUT2D eigenvalue weighted by Crippen LogP contribution is -2.28. The Morgan fingerprint density at radius 3 is 1.12 bits per heavy atom. The van der Waals surface area contributed by atoms with Gasteiger partial charge in [-0.15, -0.1) is 11.3 Å². The number of benzene rings is 18. The first-order chi connectivity index (χ1) is 60.5. The molecule has 0 radical (unpaired) electrons. The van der Waals surface area contributed by atoms with Crippen molar-refractivity contribution in [3.05, 3.63) is 481 Å². The first-order valence-corrected chi connectivity index (χ1v) is 42.2. The fraction of sp³-hybridized carbons (Fsp3) is 0.0175. The molecule has 570 valence electrons. The van der Waals surface area contributed by atoms with Gasteiger partial charge in [-0.1, -0.05) is 382 Å². The number of nitrogens with zero attached hydrogens (tertiary/aromatic N) is 6. The molecule has 0 amide bonds. The average molecular weight is 1570 g/mol. The van der Waals surface area contributed by atoms with Crippen LogP contribution in [0.1, 0.15) is 44.5 Å². The number of aromatic nitrogens is 6. The van der Waals surface area contributed by atoms with Gasteiger partial charge in [0.2, 0.25) is 0 Å². The molecule has 0 atom stereocenters. The predicted molar refractivity (Wildman–Crippen MR) is 501 cm³/mol.